The van der Waals surface area contributed by atoms with E-state index in [1.807, 2.05) is 44.2 Å². The highest BCUT2D eigenvalue weighted by Gasteiger charge is 2.33. The molecular weight excluding hydrogens is 522 g/mol. The van der Waals surface area contributed by atoms with Crippen LogP contribution in [0.25, 0.3) is 0 Å². The third-order valence-electron chi connectivity index (χ3n) is 6.44. The van der Waals surface area contributed by atoms with Crippen molar-refractivity contribution >= 4 is 39.1 Å². The van der Waals surface area contributed by atoms with Crippen molar-refractivity contribution in [2.75, 3.05) is 24.4 Å². The molecule has 2 amide bonds. The number of nitrogens with one attached hydrogen (secondary N) is 1. The summed E-state index contributed by atoms with van der Waals surface area (Å²) in [6.45, 7) is 5.22. The topological polar surface area (TPSA) is 86.8 Å². The molecule has 3 aromatic rings. The predicted octanol–water partition coefficient (Wildman–Crippen LogP) is 4.75. The number of nitrogens with zero attached hydrogens (tertiary/aromatic N) is 2. The first-order chi connectivity index (χ1) is 18.1. The molecule has 0 saturated carbocycles. The molecule has 3 rings (SSSR count). The zero-order chi connectivity index (χ0) is 27.9. The molecule has 0 bridgehead atoms. The molecule has 1 atom stereocenters. The molecule has 0 radical (unpaired) electrons. The summed E-state index contributed by atoms with van der Waals surface area (Å²) in [5, 5.41) is 2.98. The number of halogens is 1. The van der Waals surface area contributed by atoms with Gasteiger partial charge < -0.3 is 10.2 Å². The third-order valence-corrected chi connectivity index (χ3v) is 8.45. The Kier molecular flexibility index (Phi) is 9.94. The fraction of sp³-hybridized carbons (Fsp3) is 0.310. The Morgan fingerprint density at radius 2 is 1.63 bits per heavy atom. The lowest BCUT2D eigenvalue weighted by atomic mass is 10.1. The van der Waals surface area contributed by atoms with Crippen molar-refractivity contribution < 1.29 is 18.0 Å². The minimum absolute atomic E-state index is 0.0597. The van der Waals surface area contributed by atoms with Crippen LogP contribution in [0, 0.1) is 13.8 Å². The van der Waals surface area contributed by atoms with Gasteiger partial charge in [0.15, 0.2) is 0 Å². The number of hydrogen-bond acceptors (Lipinski definition) is 4. The Morgan fingerprint density at radius 3 is 2.24 bits per heavy atom. The van der Waals surface area contributed by atoms with Crippen LogP contribution in [-0.2, 0) is 26.0 Å². The summed E-state index contributed by atoms with van der Waals surface area (Å²) in [6, 6.07) is 20.3. The van der Waals surface area contributed by atoms with Crippen molar-refractivity contribution in [3.63, 3.8) is 0 Å². The van der Waals surface area contributed by atoms with Gasteiger partial charge in [-0.1, -0.05) is 72.6 Å². The Hall–Kier alpha value is -3.36. The predicted molar refractivity (Wildman–Crippen MR) is 152 cm³/mol. The summed E-state index contributed by atoms with van der Waals surface area (Å²) >= 11 is 6.26. The maximum absolute atomic E-state index is 13.9. The summed E-state index contributed by atoms with van der Waals surface area (Å²) in [5.41, 5.74) is 2.87. The summed E-state index contributed by atoms with van der Waals surface area (Å²) in [4.78, 5) is 28.2. The Balaban J connectivity index is 2.04. The molecule has 0 spiro atoms. The lowest BCUT2D eigenvalue weighted by Gasteiger charge is -2.33. The molecule has 3 aromatic carbocycles. The Bertz CT molecular complexity index is 1360. The number of amides is 2. The summed E-state index contributed by atoms with van der Waals surface area (Å²) in [7, 11) is -2.62. The van der Waals surface area contributed by atoms with E-state index in [1.54, 1.807) is 37.3 Å². The molecule has 0 unspecified atom stereocenters. The van der Waals surface area contributed by atoms with E-state index in [1.165, 1.54) is 24.1 Å². The van der Waals surface area contributed by atoms with Crippen LogP contribution in [0.3, 0.4) is 0 Å². The maximum atomic E-state index is 13.9. The summed E-state index contributed by atoms with van der Waals surface area (Å²) < 4.78 is 28.9. The van der Waals surface area contributed by atoms with Gasteiger partial charge in [-0.3, -0.25) is 13.9 Å². The molecular formula is C29H34ClN3O4S. The van der Waals surface area contributed by atoms with Gasteiger partial charge in [0.05, 0.1) is 10.6 Å². The highest BCUT2D eigenvalue weighted by molar-refractivity contribution is 7.92. The number of sulfonamides is 1. The first kappa shape index (κ1) is 29.2. The average molecular weight is 556 g/mol. The molecule has 0 fully saturated rings. The van der Waals surface area contributed by atoms with E-state index in [0.29, 0.717) is 29.1 Å². The maximum Gasteiger partial charge on any atom is 0.264 e. The first-order valence-electron chi connectivity index (χ1n) is 12.5. The molecule has 0 heterocycles. The van der Waals surface area contributed by atoms with E-state index in [9.17, 15) is 18.0 Å². The number of carbonyl (C=O) groups is 2. The SMILES string of the molecule is CC[C@H](C(=O)NC)N(CCc1ccccc1)C(=O)CN(c1cc(Cl)ccc1C)S(=O)(=O)c1ccc(C)cc1. The number of hydrogen-bond donors (Lipinski definition) is 1. The van der Waals surface area contributed by atoms with E-state index in [4.69, 9.17) is 11.6 Å². The van der Waals surface area contributed by atoms with Crippen molar-refractivity contribution in [2.24, 2.45) is 0 Å². The zero-order valence-electron chi connectivity index (χ0n) is 22.1. The lowest BCUT2D eigenvalue weighted by molar-refractivity contribution is -0.139. The quantitative estimate of drug-likeness (QED) is 0.370. The van der Waals surface area contributed by atoms with E-state index >= 15 is 0 Å². The second-order valence-electron chi connectivity index (χ2n) is 9.12. The van der Waals surface area contributed by atoms with Crippen LogP contribution in [0.4, 0.5) is 5.69 Å². The fourth-order valence-corrected chi connectivity index (χ4v) is 5.90. The number of anilines is 1. The number of benzene rings is 3. The largest absolute Gasteiger partial charge is 0.357 e. The van der Waals surface area contributed by atoms with Gasteiger partial charge >= 0.3 is 0 Å². The number of rotatable bonds is 11. The average Bonchev–Trinajstić information content (AvgIpc) is 2.91. The van der Waals surface area contributed by atoms with Gasteiger partial charge in [0.25, 0.3) is 10.0 Å². The molecule has 1 N–H and O–H groups in total. The van der Waals surface area contributed by atoms with Crippen molar-refractivity contribution in [3.8, 4) is 0 Å². The number of aryl methyl sites for hydroxylation is 2. The van der Waals surface area contributed by atoms with Gasteiger partial charge in [-0.05, 0) is 62.1 Å². The van der Waals surface area contributed by atoms with Gasteiger partial charge in [-0.2, -0.15) is 0 Å². The van der Waals surface area contributed by atoms with E-state index in [0.717, 1.165) is 15.4 Å². The van der Waals surface area contributed by atoms with Crippen LogP contribution in [0.5, 0.6) is 0 Å². The second-order valence-corrected chi connectivity index (χ2v) is 11.4. The molecule has 0 aromatic heterocycles. The van der Waals surface area contributed by atoms with E-state index in [-0.39, 0.29) is 17.3 Å². The Labute approximate surface area is 230 Å². The smallest absolute Gasteiger partial charge is 0.264 e. The van der Waals surface area contributed by atoms with Gasteiger partial charge in [0.2, 0.25) is 11.8 Å². The van der Waals surface area contributed by atoms with Crippen LogP contribution >= 0.6 is 11.6 Å². The zero-order valence-corrected chi connectivity index (χ0v) is 23.7. The monoisotopic (exact) mass is 555 g/mol. The van der Waals surface area contributed by atoms with Crippen LogP contribution < -0.4 is 9.62 Å². The van der Waals surface area contributed by atoms with Gasteiger partial charge in [0, 0.05) is 18.6 Å². The lowest BCUT2D eigenvalue weighted by Crippen LogP contribution is -2.52. The highest BCUT2D eigenvalue weighted by atomic mass is 35.5. The minimum Gasteiger partial charge on any atom is -0.357 e. The van der Waals surface area contributed by atoms with Crippen LogP contribution in [0.1, 0.15) is 30.0 Å². The summed E-state index contributed by atoms with van der Waals surface area (Å²) in [5.74, 6) is -0.785. The van der Waals surface area contributed by atoms with Crippen LogP contribution in [-0.4, -0.2) is 51.3 Å². The molecule has 38 heavy (non-hydrogen) atoms. The van der Waals surface area contributed by atoms with Gasteiger partial charge in [-0.25, -0.2) is 8.42 Å². The molecule has 0 aliphatic rings. The van der Waals surface area contributed by atoms with Gasteiger partial charge in [-0.15, -0.1) is 0 Å². The molecule has 7 nitrogen and oxygen atoms in total. The number of likely N-dealkylation sites (N-methyl/N-ethyl adjacent to an activating group) is 1. The fourth-order valence-electron chi connectivity index (χ4n) is 4.26. The molecule has 0 saturated heterocycles. The van der Waals surface area contributed by atoms with Crippen molar-refractivity contribution in [2.45, 2.75) is 44.6 Å². The normalized spacial score (nSPS) is 12.0. The minimum atomic E-state index is -4.14. The third kappa shape index (κ3) is 6.94. The first-order valence-corrected chi connectivity index (χ1v) is 14.3. The Morgan fingerprint density at radius 1 is 0.974 bits per heavy atom. The van der Waals surface area contributed by atoms with Crippen molar-refractivity contribution in [1.29, 1.82) is 0 Å². The van der Waals surface area contributed by atoms with Gasteiger partial charge in [0.1, 0.15) is 12.6 Å². The van der Waals surface area contributed by atoms with Crippen molar-refractivity contribution in [3.05, 3.63) is 94.5 Å². The number of carbonyl (C=O) groups excluding carboxylic acids is 2. The van der Waals surface area contributed by atoms with Crippen molar-refractivity contribution in [1.82, 2.24) is 10.2 Å². The van der Waals surface area contributed by atoms with E-state index < -0.39 is 28.5 Å². The highest BCUT2D eigenvalue weighted by Crippen LogP contribution is 2.30. The van der Waals surface area contributed by atoms with Crippen LogP contribution in [0.15, 0.2) is 77.7 Å². The molecule has 0 aliphatic heterocycles. The van der Waals surface area contributed by atoms with E-state index in [2.05, 4.69) is 5.32 Å². The standard InChI is InChI=1S/C29H34ClN3O4S/c1-5-26(29(35)31-4)32(18-17-23-9-7-6-8-10-23)28(34)20-33(27-19-24(30)14-13-22(27)3)38(36,37)25-15-11-21(2)12-16-25/h6-16,19,26H,5,17-18,20H2,1-4H3,(H,31,35)/t26-/m1/s1. The molecule has 202 valence electrons. The molecule has 0 aliphatic carbocycles. The van der Waals surface area contributed by atoms with Crippen LogP contribution in [0.2, 0.25) is 5.02 Å². The summed E-state index contributed by atoms with van der Waals surface area (Å²) in [6.07, 6.45) is 0.891. The molecule has 9 heteroatoms. The second kappa shape index (κ2) is 12.9.